The van der Waals surface area contributed by atoms with Gasteiger partial charge in [-0.2, -0.15) is 13.2 Å². The average Bonchev–Trinajstić information content (AvgIpc) is 2.81. The highest BCUT2D eigenvalue weighted by molar-refractivity contribution is 6.35. The van der Waals surface area contributed by atoms with Gasteiger partial charge in [0.05, 0.1) is 21.8 Å². The summed E-state index contributed by atoms with van der Waals surface area (Å²) >= 11 is 6.51. The second-order valence-corrected chi connectivity index (χ2v) is 8.26. The van der Waals surface area contributed by atoms with E-state index in [9.17, 15) is 18.0 Å². The third-order valence-electron chi connectivity index (χ3n) is 5.70. The highest BCUT2D eigenvalue weighted by atomic mass is 35.5. The SMILES string of the molecule is O=c1oc2ccccc2c(Cl)c1CN1CCc2nc(-c3ccc(C(F)(F)F)cc3)ncc2C1. The van der Waals surface area contributed by atoms with E-state index in [1.165, 1.54) is 12.1 Å². The molecular weight excluding hydrogens is 455 g/mol. The number of nitrogens with zero attached hydrogens (tertiary/aromatic N) is 3. The van der Waals surface area contributed by atoms with Gasteiger partial charge >= 0.3 is 11.8 Å². The molecule has 0 amide bonds. The number of benzene rings is 2. The van der Waals surface area contributed by atoms with Crippen LogP contribution in [0.2, 0.25) is 5.02 Å². The predicted molar refractivity (Wildman–Crippen MR) is 118 cm³/mol. The molecule has 0 atom stereocenters. The van der Waals surface area contributed by atoms with Crippen molar-refractivity contribution >= 4 is 22.6 Å². The number of para-hydroxylation sites is 1. The molecule has 0 fully saturated rings. The molecule has 33 heavy (non-hydrogen) atoms. The second kappa shape index (κ2) is 8.28. The molecule has 168 valence electrons. The maximum Gasteiger partial charge on any atom is 0.416 e. The van der Waals surface area contributed by atoms with Crippen LogP contribution in [-0.2, 0) is 25.7 Å². The van der Waals surface area contributed by atoms with Gasteiger partial charge in [0.1, 0.15) is 5.58 Å². The van der Waals surface area contributed by atoms with Crippen LogP contribution in [-0.4, -0.2) is 21.4 Å². The van der Waals surface area contributed by atoms with Gasteiger partial charge in [-0.15, -0.1) is 0 Å². The van der Waals surface area contributed by atoms with E-state index in [-0.39, 0.29) is 0 Å². The largest absolute Gasteiger partial charge is 0.422 e. The van der Waals surface area contributed by atoms with E-state index in [1.54, 1.807) is 18.3 Å². The Balaban J connectivity index is 1.36. The normalized spacial score (nSPS) is 14.4. The van der Waals surface area contributed by atoms with Crippen LogP contribution in [0.4, 0.5) is 13.2 Å². The molecule has 2 aromatic heterocycles. The molecule has 0 spiro atoms. The number of alkyl halides is 3. The molecule has 0 bridgehead atoms. The number of halogens is 4. The summed E-state index contributed by atoms with van der Waals surface area (Å²) in [5, 5.41) is 1.08. The van der Waals surface area contributed by atoms with E-state index in [0.717, 1.165) is 23.4 Å². The number of rotatable bonds is 3. The van der Waals surface area contributed by atoms with Crippen LogP contribution in [0.25, 0.3) is 22.4 Å². The van der Waals surface area contributed by atoms with Gasteiger partial charge in [-0.05, 0) is 24.3 Å². The van der Waals surface area contributed by atoms with E-state index < -0.39 is 17.4 Å². The number of aromatic nitrogens is 2. The van der Waals surface area contributed by atoms with Crippen LogP contribution in [0, 0.1) is 0 Å². The van der Waals surface area contributed by atoms with Crippen LogP contribution in [0.3, 0.4) is 0 Å². The first-order valence-corrected chi connectivity index (χ1v) is 10.6. The van der Waals surface area contributed by atoms with Gasteiger partial charge in [-0.1, -0.05) is 35.9 Å². The number of hydrogen-bond acceptors (Lipinski definition) is 5. The van der Waals surface area contributed by atoms with E-state index in [0.29, 0.717) is 59.0 Å². The molecular formula is C24H17ClF3N3O2. The van der Waals surface area contributed by atoms with Gasteiger partial charge in [-0.3, -0.25) is 4.90 Å². The Hall–Kier alpha value is -3.23. The molecule has 5 rings (SSSR count). The highest BCUT2D eigenvalue weighted by Crippen LogP contribution is 2.31. The van der Waals surface area contributed by atoms with Crippen molar-refractivity contribution in [1.29, 1.82) is 0 Å². The minimum Gasteiger partial charge on any atom is -0.422 e. The summed E-state index contributed by atoms with van der Waals surface area (Å²) in [6.45, 7) is 1.48. The zero-order chi connectivity index (χ0) is 23.2. The zero-order valence-corrected chi connectivity index (χ0v) is 18.0. The Morgan fingerprint density at radius 3 is 2.61 bits per heavy atom. The Morgan fingerprint density at radius 1 is 1.09 bits per heavy atom. The Labute approximate surface area is 191 Å². The van der Waals surface area contributed by atoms with Crippen LogP contribution in [0.5, 0.6) is 0 Å². The van der Waals surface area contributed by atoms with E-state index in [4.69, 9.17) is 16.0 Å². The lowest BCUT2D eigenvalue weighted by Gasteiger charge is -2.28. The lowest BCUT2D eigenvalue weighted by molar-refractivity contribution is -0.137. The summed E-state index contributed by atoms with van der Waals surface area (Å²) in [4.78, 5) is 23.5. The molecule has 0 radical (unpaired) electrons. The molecule has 0 aliphatic carbocycles. The molecule has 5 nitrogen and oxygen atoms in total. The predicted octanol–water partition coefficient (Wildman–Crippen LogP) is 5.48. The monoisotopic (exact) mass is 471 g/mol. The smallest absolute Gasteiger partial charge is 0.416 e. The molecule has 3 heterocycles. The molecule has 1 aliphatic heterocycles. The fourth-order valence-electron chi connectivity index (χ4n) is 3.97. The van der Waals surface area contributed by atoms with Gasteiger partial charge in [0.15, 0.2) is 5.82 Å². The number of fused-ring (bicyclic) bond motifs is 2. The van der Waals surface area contributed by atoms with Crippen molar-refractivity contribution in [1.82, 2.24) is 14.9 Å². The Bertz CT molecular complexity index is 1400. The van der Waals surface area contributed by atoms with Gasteiger partial charge < -0.3 is 4.42 Å². The quantitative estimate of drug-likeness (QED) is 0.370. The van der Waals surface area contributed by atoms with Crippen molar-refractivity contribution in [2.24, 2.45) is 0 Å². The summed E-state index contributed by atoms with van der Waals surface area (Å²) in [6.07, 6.45) is -2.09. The molecule has 0 N–H and O–H groups in total. The van der Waals surface area contributed by atoms with Crippen molar-refractivity contribution in [2.75, 3.05) is 6.54 Å². The van der Waals surface area contributed by atoms with Gasteiger partial charge in [-0.25, -0.2) is 14.8 Å². The lowest BCUT2D eigenvalue weighted by atomic mass is 10.1. The van der Waals surface area contributed by atoms with Gasteiger partial charge in [0, 0.05) is 48.8 Å². The third-order valence-corrected chi connectivity index (χ3v) is 6.13. The summed E-state index contributed by atoms with van der Waals surface area (Å²) in [5.74, 6) is 0.383. The standard InChI is InChI=1S/C24H17ClF3N3O2/c25-21-17-3-1-2-4-20(17)33-23(32)18(21)13-31-10-9-19-15(12-31)11-29-22(30-19)14-5-7-16(8-6-14)24(26,27)28/h1-8,11H,9-10,12-13H2. The third kappa shape index (κ3) is 4.24. The molecule has 0 unspecified atom stereocenters. The van der Waals surface area contributed by atoms with Crippen LogP contribution in [0.1, 0.15) is 22.4 Å². The Kier molecular flexibility index (Phi) is 5.42. The summed E-state index contributed by atoms with van der Waals surface area (Å²) in [5.41, 5.74) is 1.94. The average molecular weight is 472 g/mol. The summed E-state index contributed by atoms with van der Waals surface area (Å²) in [6, 6.07) is 11.9. The molecule has 2 aromatic carbocycles. The van der Waals surface area contributed by atoms with Gasteiger partial charge in [0.25, 0.3) is 0 Å². The minimum atomic E-state index is -4.39. The molecule has 0 saturated heterocycles. The molecule has 1 aliphatic rings. The summed E-state index contributed by atoms with van der Waals surface area (Å²) < 4.78 is 43.8. The molecule has 4 aromatic rings. The molecule has 0 saturated carbocycles. The Morgan fingerprint density at radius 2 is 1.85 bits per heavy atom. The van der Waals surface area contributed by atoms with Crippen LogP contribution in [0.15, 0.2) is 63.9 Å². The lowest BCUT2D eigenvalue weighted by Crippen LogP contribution is -2.32. The van der Waals surface area contributed by atoms with Crippen LogP contribution < -0.4 is 5.63 Å². The second-order valence-electron chi connectivity index (χ2n) is 7.88. The summed E-state index contributed by atoms with van der Waals surface area (Å²) in [7, 11) is 0. The fraction of sp³-hybridized carbons (Fsp3) is 0.208. The van der Waals surface area contributed by atoms with E-state index in [2.05, 4.69) is 14.9 Å². The van der Waals surface area contributed by atoms with E-state index >= 15 is 0 Å². The fourth-order valence-corrected chi connectivity index (χ4v) is 4.26. The zero-order valence-electron chi connectivity index (χ0n) is 17.2. The van der Waals surface area contributed by atoms with E-state index in [1.807, 2.05) is 12.1 Å². The first-order chi connectivity index (χ1) is 15.8. The van der Waals surface area contributed by atoms with Crippen molar-refractivity contribution < 1.29 is 17.6 Å². The minimum absolute atomic E-state index is 0.325. The van der Waals surface area contributed by atoms with Crippen molar-refractivity contribution in [3.8, 4) is 11.4 Å². The van der Waals surface area contributed by atoms with Crippen LogP contribution >= 0.6 is 11.6 Å². The number of hydrogen-bond donors (Lipinski definition) is 0. The maximum absolute atomic E-state index is 12.8. The van der Waals surface area contributed by atoms with Crippen molar-refractivity contribution in [3.63, 3.8) is 0 Å². The first-order valence-electron chi connectivity index (χ1n) is 10.2. The van der Waals surface area contributed by atoms with Crippen molar-refractivity contribution in [3.05, 3.63) is 92.6 Å². The van der Waals surface area contributed by atoms with Crippen molar-refractivity contribution in [2.45, 2.75) is 25.7 Å². The topological polar surface area (TPSA) is 59.2 Å². The van der Waals surface area contributed by atoms with Gasteiger partial charge in [0.2, 0.25) is 0 Å². The molecule has 9 heteroatoms. The highest BCUT2D eigenvalue weighted by Gasteiger charge is 2.30. The first kappa shape index (κ1) is 21.6. The maximum atomic E-state index is 12.8.